The van der Waals surface area contributed by atoms with Gasteiger partial charge in [-0.25, -0.2) is 4.98 Å². The molecule has 4 heterocycles. The molecular weight excluding hydrogens is 416 g/mol. The van der Waals surface area contributed by atoms with E-state index in [0.717, 1.165) is 48.7 Å². The molecule has 2 aliphatic heterocycles. The summed E-state index contributed by atoms with van der Waals surface area (Å²) in [6.07, 6.45) is 7.11. The van der Waals surface area contributed by atoms with E-state index in [1.165, 1.54) is 16.9 Å². The number of fused-ring (bicyclic) bond motifs is 5. The maximum atomic E-state index is 9.08. The van der Waals surface area contributed by atoms with Gasteiger partial charge in [-0.15, -0.1) is 0 Å². The highest BCUT2D eigenvalue weighted by Gasteiger charge is 2.24. The highest BCUT2D eigenvalue weighted by Crippen LogP contribution is 2.35. The van der Waals surface area contributed by atoms with E-state index in [4.69, 9.17) is 11.0 Å². The van der Waals surface area contributed by atoms with Crippen molar-refractivity contribution in [1.82, 2.24) is 14.1 Å². The lowest BCUT2D eigenvalue weighted by Crippen LogP contribution is -2.26. The third-order valence-corrected chi connectivity index (χ3v) is 6.37. The van der Waals surface area contributed by atoms with Crippen molar-refractivity contribution >= 4 is 19.2 Å². The van der Waals surface area contributed by atoms with Gasteiger partial charge in [0.2, 0.25) is 0 Å². The van der Waals surface area contributed by atoms with Gasteiger partial charge in [-0.05, 0) is 53.9 Å². The summed E-state index contributed by atoms with van der Waals surface area (Å²) < 4.78 is 4.45. The Labute approximate surface area is 194 Å². The first-order valence-electron chi connectivity index (χ1n) is 10.6. The van der Waals surface area contributed by atoms with Crippen LogP contribution in [0.5, 0.6) is 0 Å². The number of nitrogens with two attached hydrogens (primary N) is 1. The zero-order chi connectivity index (χ0) is 20.9. The summed E-state index contributed by atoms with van der Waals surface area (Å²) in [6, 6.07) is 19.1. The van der Waals surface area contributed by atoms with E-state index in [9.17, 15) is 0 Å². The molecule has 1 fully saturated rings. The Balaban J connectivity index is 0.00000216. The largest absolute Gasteiger partial charge is 0.370 e. The SMILES string of the molecule is N#Cc1ccc(-c2cc3n(c2)Cc2cc(N4CC[C@H](N)C4)ccc2-n2ccnc2-3)cc1.S. The van der Waals surface area contributed by atoms with Gasteiger partial charge in [-0.3, -0.25) is 4.57 Å². The van der Waals surface area contributed by atoms with Crippen molar-refractivity contribution in [2.24, 2.45) is 5.73 Å². The van der Waals surface area contributed by atoms with Crippen molar-refractivity contribution in [3.8, 4) is 34.4 Å². The van der Waals surface area contributed by atoms with E-state index in [-0.39, 0.29) is 19.5 Å². The molecule has 0 amide bonds. The fraction of sp³-hybridized carbons (Fsp3) is 0.200. The topological polar surface area (TPSA) is 75.8 Å². The average molecular weight is 441 g/mol. The lowest BCUT2D eigenvalue weighted by molar-refractivity contribution is 0.752. The number of imidazole rings is 1. The van der Waals surface area contributed by atoms with Crippen LogP contribution in [0.1, 0.15) is 17.5 Å². The molecule has 2 aliphatic rings. The maximum absolute atomic E-state index is 9.08. The number of rotatable bonds is 2. The minimum Gasteiger partial charge on any atom is -0.370 e. The van der Waals surface area contributed by atoms with Crippen molar-refractivity contribution in [1.29, 1.82) is 5.26 Å². The first-order chi connectivity index (χ1) is 15.2. The summed E-state index contributed by atoms with van der Waals surface area (Å²) in [5, 5.41) is 9.08. The van der Waals surface area contributed by atoms with E-state index in [1.54, 1.807) is 0 Å². The number of nitriles is 1. The van der Waals surface area contributed by atoms with Crippen LogP contribution < -0.4 is 10.6 Å². The first kappa shape index (κ1) is 20.4. The Morgan fingerprint density at radius 1 is 1.06 bits per heavy atom. The van der Waals surface area contributed by atoms with Crippen LogP contribution in [0.3, 0.4) is 0 Å². The summed E-state index contributed by atoms with van der Waals surface area (Å²) in [4.78, 5) is 7.05. The predicted molar refractivity (Wildman–Crippen MR) is 131 cm³/mol. The molecule has 160 valence electrons. The van der Waals surface area contributed by atoms with E-state index < -0.39 is 0 Å². The molecule has 1 saturated heterocycles. The molecule has 0 unspecified atom stereocenters. The summed E-state index contributed by atoms with van der Waals surface area (Å²) in [5.74, 6) is 0.939. The molecule has 6 nitrogen and oxygen atoms in total. The number of hydrogen-bond acceptors (Lipinski definition) is 4. The Kier molecular flexibility index (Phi) is 5.04. The van der Waals surface area contributed by atoms with Gasteiger partial charge in [-0.1, -0.05) is 12.1 Å². The second kappa shape index (κ2) is 7.90. The number of anilines is 1. The molecular formula is C25H24N6S. The van der Waals surface area contributed by atoms with Gasteiger partial charge in [0.05, 0.1) is 23.0 Å². The van der Waals surface area contributed by atoms with Gasteiger partial charge in [0.25, 0.3) is 0 Å². The van der Waals surface area contributed by atoms with Crippen LogP contribution in [0, 0.1) is 11.3 Å². The molecule has 7 heteroatoms. The van der Waals surface area contributed by atoms with Gasteiger partial charge in [0.15, 0.2) is 5.82 Å². The first-order valence-corrected chi connectivity index (χ1v) is 10.6. The molecule has 0 radical (unpaired) electrons. The van der Waals surface area contributed by atoms with Crippen LogP contribution in [0.15, 0.2) is 67.1 Å². The number of hydrogen-bond donors (Lipinski definition) is 1. The molecule has 0 bridgehead atoms. The lowest BCUT2D eigenvalue weighted by Gasteiger charge is -2.20. The van der Waals surface area contributed by atoms with Crippen LogP contribution >= 0.6 is 13.5 Å². The third-order valence-electron chi connectivity index (χ3n) is 6.37. The lowest BCUT2D eigenvalue weighted by atomic mass is 10.1. The van der Waals surface area contributed by atoms with Gasteiger partial charge < -0.3 is 15.2 Å². The predicted octanol–water partition coefficient (Wildman–Crippen LogP) is 3.89. The fourth-order valence-electron chi connectivity index (χ4n) is 4.75. The summed E-state index contributed by atoms with van der Waals surface area (Å²) >= 11 is 0. The molecule has 2 N–H and O–H groups in total. The summed E-state index contributed by atoms with van der Waals surface area (Å²) in [6.45, 7) is 2.69. The van der Waals surface area contributed by atoms with Crippen LogP contribution in [0.25, 0.3) is 28.3 Å². The highest BCUT2D eigenvalue weighted by molar-refractivity contribution is 7.59. The third kappa shape index (κ3) is 3.29. The molecule has 4 aromatic rings. The van der Waals surface area contributed by atoms with Gasteiger partial charge in [0, 0.05) is 55.5 Å². The molecule has 2 aromatic carbocycles. The smallest absolute Gasteiger partial charge is 0.161 e. The van der Waals surface area contributed by atoms with E-state index >= 15 is 0 Å². The zero-order valence-electron chi connectivity index (χ0n) is 17.6. The van der Waals surface area contributed by atoms with E-state index in [2.05, 4.69) is 55.5 Å². The van der Waals surface area contributed by atoms with Crippen molar-refractivity contribution in [3.05, 3.63) is 78.2 Å². The molecule has 1 atom stereocenters. The van der Waals surface area contributed by atoms with E-state index in [1.807, 2.05) is 36.7 Å². The van der Waals surface area contributed by atoms with Crippen LogP contribution in [0.2, 0.25) is 0 Å². The van der Waals surface area contributed by atoms with Gasteiger partial charge >= 0.3 is 0 Å². The normalized spacial score (nSPS) is 16.4. The molecule has 0 aliphatic carbocycles. The van der Waals surface area contributed by atoms with Crippen LogP contribution in [-0.2, 0) is 6.54 Å². The molecule has 6 rings (SSSR count). The zero-order valence-corrected chi connectivity index (χ0v) is 18.6. The Bertz CT molecular complexity index is 1330. The van der Waals surface area contributed by atoms with Crippen molar-refractivity contribution in [2.75, 3.05) is 18.0 Å². The standard InChI is InChI=1S/C25H22N6.H2S/c26-13-17-1-3-18(4-2-17)19-12-24-25-28-8-10-31(25)23-6-5-22(29-9-7-21(27)16-29)11-20(23)15-30(24)14-19;/h1-6,8,10-12,14,21H,7,9,15-16,27H2;1H2/t21-;/m0./s1. The van der Waals surface area contributed by atoms with Crippen molar-refractivity contribution in [2.45, 2.75) is 19.0 Å². The Hall–Kier alpha value is -3.47. The van der Waals surface area contributed by atoms with Gasteiger partial charge in [0.1, 0.15) is 0 Å². The number of aromatic nitrogens is 3. The molecule has 2 aromatic heterocycles. The molecule has 0 spiro atoms. The van der Waals surface area contributed by atoms with Crippen molar-refractivity contribution in [3.63, 3.8) is 0 Å². The van der Waals surface area contributed by atoms with E-state index in [0.29, 0.717) is 5.56 Å². The molecule has 32 heavy (non-hydrogen) atoms. The second-order valence-corrected chi connectivity index (χ2v) is 8.36. The minimum atomic E-state index is 0. The monoisotopic (exact) mass is 440 g/mol. The van der Waals surface area contributed by atoms with Crippen molar-refractivity contribution < 1.29 is 0 Å². The maximum Gasteiger partial charge on any atom is 0.161 e. The van der Waals surface area contributed by atoms with Gasteiger partial charge in [-0.2, -0.15) is 18.8 Å². The Morgan fingerprint density at radius 3 is 2.66 bits per heavy atom. The fourth-order valence-corrected chi connectivity index (χ4v) is 4.75. The average Bonchev–Trinajstić information content (AvgIpc) is 3.52. The number of benzene rings is 2. The second-order valence-electron chi connectivity index (χ2n) is 8.36. The molecule has 0 saturated carbocycles. The summed E-state index contributed by atoms with van der Waals surface area (Å²) in [7, 11) is 0. The number of nitrogens with zero attached hydrogens (tertiary/aromatic N) is 5. The summed E-state index contributed by atoms with van der Waals surface area (Å²) in [5.41, 5.74) is 13.8. The quantitative estimate of drug-likeness (QED) is 0.452. The van der Waals surface area contributed by atoms with Crippen LogP contribution in [-0.4, -0.2) is 33.2 Å². The highest BCUT2D eigenvalue weighted by atomic mass is 32.1. The minimum absolute atomic E-state index is 0. The Morgan fingerprint density at radius 2 is 1.91 bits per heavy atom. The van der Waals surface area contributed by atoms with Crippen LogP contribution in [0.4, 0.5) is 5.69 Å².